The number of hydrogen-bond donors (Lipinski definition) is 1. The highest BCUT2D eigenvalue weighted by Gasteiger charge is 2.35. The average Bonchev–Trinajstić information content (AvgIpc) is 2.67. The lowest BCUT2D eigenvalue weighted by molar-refractivity contribution is -0.384. The normalized spacial score (nSPS) is 11.9. The van der Waals surface area contributed by atoms with Crippen LogP contribution in [0.5, 0.6) is 0 Å². The van der Waals surface area contributed by atoms with Crippen LogP contribution in [0.3, 0.4) is 0 Å². The van der Waals surface area contributed by atoms with E-state index in [2.05, 4.69) is 10.3 Å². The van der Waals surface area contributed by atoms with Gasteiger partial charge in [-0.1, -0.05) is 18.2 Å². The van der Waals surface area contributed by atoms with E-state index >= 15 is 0 Å². The maximum absolute atomic E-state index is 13.1. The number of nitro benzene ring substituents is 1. The largest absolute Gasteiger partial charge is 0.433 e. The summed E-state index contributed by atoms with van der Waals surface area (Å²) in [4.78, 5) is 25.9. The van der Waals surface area contributed by atoms with Crippen LogP contribution in [0.15, 0.2) is 59.4 Å². The number of benzene rings is 2. The summed E-state index contributed by atoms with van der Waals surface area (Å²) >= 11 is 0. The Bertz CT molecular complexity index is 1190. The van der Waals surface area contributed by atoms with E-state index in [0.717, 1.165) is 0 Å². The van der Waals surface area contributed by atoms with Crippen molar-refractivity contribution >= 4 is 17.3 Å². The van der Waals surface area contributed by atoms with Gasteiger partial charge in [-0.2, -0.15) is 26.3 Å². The van der Waals surface area contributed by atoms with Crippen LogP contribution in [-0.2, 0) is 12.4 Å². The van der Waals surface area contributed by atoms with Gasteiger partial charge in [0, 0.05) is 12.1 Å². The minimum atomic E-state index is -5.02. The number of alkyl halides is 6. The standard InChI is InChI=1S/C18H10F6N4O3/c19-17(20,21)10-6-7-12(13(8-10)28(30)31)25-16-26-14(18(22,23)24)9-15(29)27(16)11-4-2-1-3-5-11/h1-9H,(H,25,26). The lowest BCUT2D eigenvalue weighted by Gasteiger charge is -2.16. The van der Waals surface area contributed by atoms with Crippen molar-refractivity contribution in [2.24, 2.45) is 0 Å². The van der Waals surface area contributed by atoms with Gasteiger partial charge in [-0.25, -0.2) is 9.55 Å². The predicted octanol–water partition coefficient (Wildman–Crippen LogP) is 4.92. The van der Waals surface area contributed by atoms with Crippen LogP contribution in [0.25, 0.3) is 5.69 Å². The molecule has 1 aromatic heterocycles. The Morgan fingerprint density at radius 1 is 0.935 bits per heavy atom. The van der Waals surface area contributed by atoms with Crippen LogP contribution in [-0.4, -0.2) is 14.5 Å². The lowest BCUT2D eigenvalue weighted by atomic mass is 10.1. The van der Waals surface area contributed by atoms with Crippen LogP contribution in [0, 0.1) is 10.1 Å². The highest BCUT2D eigenvalue weighted by atomic mass is 19.4. The lowest BCUT2D eigenvalue weighted by Crippen LogP contribution is -2.25. The van der Waals surface area contributed by atoms with Crippen LogP contribution in [0.2, 0.25) is 0 Å². The number of aromatic nitrogens is 2. The van der Waals surface area contributed by atoms with Crippen LogP contribution < -0.4 is 10.9 Å². The molecule has 0 amide bonds. The monoisotopic (exact) mass is 444 g/mol. The molecule has 0 saturated heterocycles. The Hall–Kier alpha value is -3.90. The molecule has 0 radical (unpaired) electrons. The summed E-state index contributed by atoms with van der Waals surface area (Å²) in [6, 6.07) is 8.88. The highest BCUT2D eigenvalue weighted by Crippen LogP contribution is 2.36. The molecule has 0 fully saturated rings. The Labute approximate surface area is 168 Å². The Kier molecular flexibility index (Phi) is 5.44. The fourth-order valence-corrected chi connectivity index (χ4v) is 2.62. The summed E-state index contributed by atoms with van der Waals surface area (Å²) < 4.78 is 78.8. The predicted molar refractivity (Wildman–Crippen MR) is 96.2 cm³/mol. The van der Waals surface area contributed by atoms with Gasteiger partial charge in [-0.05, 0) is 24.3 Å². The minimum Gasteiger partial charge on any atom is -0.319 e. The topological polar surface area (TPSA) is 90.1 Å². The maximum atomic E-state index is 13.1. The van der Waals surface area contributed by atoms with Gasteiger partial charge in [0.1, 0.15) is 5.69 Å². The van der Waals surface area contributed by atoms with Crippen LogP contribution >= 0.6 is 0 Å². The number of halogens is 6. The smallest absolute Gasteiger partial charge is 0.319 e. The zero-order valence-corrected chi connectivity index (χ0v) is 15.0. The van der Waals surface area contributed by atoms with Crippen LogP contribution in [0.1, 0.15) is 11.3 Å². The summed E-state index contributed by atoms with van der Waals surface area (Å²) in [7, 11) is 0. The maximum Gasteiger partial charge on any atom is 0.433 e. The second-order valence-electron chi connectivity index (χ2n) is 6.08. The third kappa shape index (κ3) is 4.65. The van der Waals surface area contributed by atoms with E-state index in [9.17, 15) is 41.3 Å². The van der Waals surface area contributed by atoms with Crippen molar-refractivity contribution in [3.8, 4) is 5.69 Å². The minimum absolute atomic E-state index is 0.0748. The number of para-hydroxylation sites is 1. The van der Waals surface area contributed by atoms with Gasteiger partial charge in [0.05, 0.1) is 16.2 Å². The van der Waals surface area contributed by atoms with Crippen molar-refractivity contribution in [3.05, 3.63) is 86.3 Å². The fraction of sp³-hybridized carbons (Fsp3) is 0.111. The first kappa shape index (κ1) is 21.8. The van der Waals surface area contributed by atoms with Gasteiger partial charge >= 0.3 is 12.4 Å². The van der Waals surface area contributed by atoms with Gasteiger partial charge < -0.3 is 5.32 Å². The van der Waals surface area contributed by atoms with Crippen molar-refractivity contribution in [1.29, 1.82) is 0 Å². The first-order valence-electron chi connectivity index (χ1n) is 8.27. The average molecular weight is 444 g/mol. The van der Waals surface area contributed by atoms with E-state index in [1.807, 2.05) is 0 Å². The van der Waals surface area contributed by atoms with Crippen molar-refractivity contribution in [2.75, 3.05) is 5.32 Å². The van der Waals surface area contributed by atoms with Crippen molar-refractivity contribution < 1.29 is 31.3 Å². The first-order valence-corrected chi connectivity index (χ1v) is 8.27. The molecule has 0 aliphatic rings. The Morgan fingerprint density at radius 3 is 2.13 bits per heavy atom. The van der Waals surface area contributed by atoms with Gasteiger partial charge in [-0.15, -0.1) is 0 Å². The molecule has 3 aromatic rings. The van der Waals surface area contributed by atoms with E-state index in [1.165, 1.54) is 24.3 Å². The Balaban J connectivity index is 2.22. The number of rotatable bonds is 4. The van der Waals surface area contributed by atoms with Crippen molar-refractivity contribution in [2.45, 2.75) is 12.4 Å². The molecule has 162 valence electrons. The molecular weight excluding hydrogens is 434 g/mol. The summed E-state index contributed by atoms with van der Waals surface area (Å²) in [6.07, 6.45) is -9.90. The molecule has 0 aliphatic heterocycles. The Morgan fingerprint density at radius 2 is 1.58 bits per heavy atom. The molecule has 3 rings (SSSR count). The summed E-state index contributed by atoms with van der Waals surface area (Å²) in [5.41, 5.74) is -5.66. The number of nitro groups is 1. The zero-order chi connectivity index (χ0) is 23.0. The van der Waals surface area contributed by atoms with Gasteiger partial charge in [0.15, 0.2) is 5.69 Å². The van der Waals surface area contributed by atoms with E-state index in [4.69, 9.17) is 0 Å². The molecule has 13 heteroatoms. The molecule has 0 spiro atoms. The van der Waals surface area contributed by atoms with Crippen molar-refractivity contribution in [1.82, 2.24) is 9.55 Å². The van der Waals surface area contributed by atoms with E-state index in [0.29, 0.717) is 16.7 Å². The van der Waals surface area contributed by atoms with Crippen molar-refractivity contribution in [3.63, 3.8) is 0 Å². The van der Waals surface area contributed by atoms with Crippen LogP contribution in [0.4, 0.5) is 43.7 Å². The molecule has 2 aromatic carbocycles. The third-order valence-corrected chi connectivity index (χ3v) is 3.99. The molecule has 0 aliphatic carbocycles. The molecule has 7 nitrogen and oxygen atoms in total. The quantitative estimate of drug-likeness (QED) is 0.351. The molecule has 0 saturated carbocycles. The second kappa shape index (κ2) is 7.74. The molecular formula is C18H10F6N4O3. The van der Waals surface area contributed by atoms with Gasteiger partial charge in [-0.3, -0.25) is 14.9 Å². The SMILES string of the molecule is O=c1cc(C(F)(F)F)nc(Nc2ccc(C(F)(F)F)cc2[N+](=O)[O-])n1-c1ccccc1. The summed E-state index contributed by atoms with van der Waals surface area (Å²) in [6.45, 7) is 0. The number of anilines is 2. The summed E-state index contributed by atoms with van der Waals surface area (Å²) in [5.74, 6) is -0.770. The molecule has 0 bridgehead atoms. The zero-order valence-electron chi connectivity index (χ0n) is 15.0. The number of hydrogen-bond acceptors (Lipinski definition) is 5. The second-order valence-corrected chi connectivity index (χ2v) is 6.08. The molecule has 1 heterocycles. The number of nitrogens with one attached hydrogen (secondary N) is 1. The highest BCUT2D eigenvalue weighted by molar-refractivity contribution is 5.68. The van der Waals surface area contributed by atoms with Gasteiger partial charge in [0.2, 0.25) is 5.95 Å². The van der Waals surface area contributed by atoms with E-state index < -0.39 is 51.4 Å². The molecule has 31 heavy (non-hydrogen) atoms. The molecule has 0 unspecified atom stereocenters. The third-order valence-electron chi connectivity index (χ3n) is 3.99. The van der Waals surface area contributed by atoms with E-state index in [-0.39, 0.29) is 17.8 Å². The molecule has 0 atom stereocenters. The van der Waals surface area contributed by atoms with E-state index in [1.54, 1.807) is 6.07 Å². The first-order chi connectivity index (χ1) is 14.4. The summed E-state index contributed by atoms with van der Waals surface area (Å²) in [5, 5.41) is 13.5. The molecule has 1 N–H and O–H groups in total. The fourth-order valence-electron chi connectivity index (χ4n) is 2.62. The van der Waals surface area contributed by atoms with Gasteiger partial charge in [0.25, 0.3) is 11.2 Å². The number of nitrogens with zero attached hydrogens (tertiary/aromatic N) is 3.